The lowest BCUT2D eigenvalue weighted by Crippen LogP contribution is -1.91. The number of hydrogen-bond acceptors (Lipinski definition) is 1. The van der Waals surface area contributed by atoms with Gasteiger partial charge in [0.05, 0.1) is 20.6 Å². The van der Waals surface area contributed by atoms with E-state index in [0.717, 1.165) is 0 Å². The molecule has 0 N–H and O–H groups in total. The molecule has 1 aromatic heterocycles. The maximum Gasteiger partial charge on any atom is 0.143 e. The normalized spacial score (nSPS) is 16.6. The summed E-state index contributed by atoms with van der Waals surface area (Å²) in [7, 11) is 0. The molecule has 0 radical (unpaired) electrons. The van der Waals surface area contributed by atoms with Crippen molar-refractivity contribution in [1.82, 2.24) is 0 Å². The van der Waals surface area contributed by atoms with E-state index in [1.165, 1.54) is 0 Å². The van der Waals surface area contributed by atoms with Gasteiger partial charge in [-0.05, 0) is 72.4 Å². The molecule has 0 saturated carbocycles. The SMILES string of the molecule is [2H]c1c([2H])c([2H])c(-c2c3ccccc3c(-c3cccc4oc5c6c([2H])c([2H])c([2H])c([2H])c6c(-c6c([2H])c([2H])c([2H])c([2H])c6[2H])c([2H])c5c34)c3ccccc23)c([2H])c1[2H]. The highest BCUT2D eigenvalue weighted by molar-refractivity contribution is 6.27. The van der Waals surface area contributed by atoms with Crippen molar-refractivity contribution in [1.29, 1.82) is 0 Å². The van der Waals surface area contributed by atoms with Crippen LogP contribution in [-0.2, 0) is 0 Å². The van der Waals surface area contributed by atoms with E-state index >= 15 is 0 Å². The van der Waals surface area contributed by atoms with Gasteiger partial charge < -0.3 is 4.42 Å². The molecule has 8 aromatic carbocycles. The van der Waals surface area contributed by atoms with Crippen molar-refractivity contribution in [2.75, 3.05) is 0 Å². The number of furan rings is 1. The fraction of sp³-hybridized carbons (Fsp3) is 0. The van der Waals surface area contributed by atoms with E-state index in [-0.39, 0.29) is 56.6 Å². The molecule has 1 heterocycles. The van der Waals surface area contributed by atoms with Gasteiger partial charge in [-0.2, -0.15) is 0 Å². The molecule has 0 aliphatic carbocycles. The van der Waals surface area contributed by atoms with Crippen molar-refractivity contribution in [2.24, 2.45) is 0 Å². The summed E-state index contributed by atoms with van der Waals surface area (Å²) in [6.45, 7) is 0. The van der Waals surface area contributed by atoms with Crippen LogP contribution >= 0.6 is 0 Å². The summed E-state index contributed by atoms with van der Waals surface area (Å²) >= 11 is 0. The third kappa shape index (κ3) is 3.58. The lowest BCUT2D eigenvalue weighted by Gasteiger charge is -2.18. The maximum atomic E-state index is 9.83. The molecular formula is C42H26O. The highest BCUT2D eigenvalue weighted by atomic mass is 16.3. The van der Waals surface area contributed by atoms with Crippen molar-refractivity contribution >= 4 is 54.3 Å². The quantitative estimate of drug-likeness (QED) is 0.196. The minimum absolute atomic E-state index is 0.0224. The average molecular weight is 562 g/mol. The largest absolute Gasteiger partial charge is 0.455 e. The van der Waals surface area contributed by atoms with E-state index in [1.54, 1.807) is 54.6 Å². The van der Waals surface area contributed by atoms with Crippen LogP contribution in [0.25, 0.3) is 87.6 Å². The fourth-order valence-electron chi connectivity index (χ4n) is 6.14. The number of hydrogen-bond donors (Lipinski definition) is 0. The summed E-state index contributed by atoms with van der Waals surface area (Å²) in [6.07, 6.45) is 0. The first kappa shape index (κ1) is 13.5. The van der Waals surface area contributed by atoms with Crippen LogP contribution in [0.5, 0.6) is 0 Å². The van der Waals surface area contributed by atoms with Crippen molar-refractivity contribution in [3.63, 3.8) is 0 Å². The summed E-state index contributed by atoms with van der Waals surface area (Å²) in [5, 5.41) is 2.41. The van der Waals surface area contributed by atoms with Gasteiger partial charge in [0.25, 0.3) is 0 Å². The van der Waals surface area contributed by atoms with Gasteiger partial charge in [0, 0.05) is 16.2 Å². The first-order valence-corrected chi connectivity index (χ1v) is 13.6. The Hall–Kier alpha value is -5.66. The maximum absolute atomic E-state index is 9.83. The third-order valence-electron chi connectivity index (χ3n) is 7.83. The zero-order valence-corrected chi connectivity index (χ0v) is 22.3. The molecule has 0 aliphatic rings. The van der Waals surface area contributed by atoms with Crippen LogP contribution in [0, 0.1) is 0 Å². The Balaban J connectivity index is 1.52. The fourth-order valence-corrected chi connectivity index (χ4v) is 6.14. The Kier molecular flexibility index (Phi) is 2.97. The lowest BCUT2D eigenvalue weighted by molar-refractivity contribution is 0.673. The van der Waals surface area contributed by atoms with Crippen LogP contribution in [0.15, 0.2) is 162 Å². The highest BCUT2D eigenvalue weighted by Gasteiger charge is 2.21. The van der Waals surface area contributed by atoms with Gasteiger partial charge in [-0.1, -0.05) is 145 Å². The van der Waals surface area contributed by atoms with Gasteiger partial charge in [-0.25, -0.2) is 0 Å². The van der Waals surface area contributed by atoms with Crippen molar-refractivity contribution in [3.8, 4) is 33.4 Å². The molecule has 0 fully saturated rings. The molecule has 9 aromatic rings. The lowest BCUT2D eigenvalue weighted by atomic mass is 9.84. The van der Waals surface area contributed by atoms with Gasteiger partial charge in [0.15, 0.2) is 0 Å². The van der Waals surface area contributed by atoms with Gasteiger partial charge in [0.2, 0.25) is 0 Å². The molecule has 0 unspecified atom stereocenters. The Morgan fingerprint density at radius 3 is 1.63 bits per heavy atom. The first-order valence-electron chi connectivity index (χ1n) is 21.1. The molecule has 200 valence electrons. The topological polar surface area (TPSA) is 13.1 Å². The summed E-state index contributed by atoms with van der Waals surface area (Å²) in [4.78, 5) is 0. The predicted octanol–water partition coefficient (Wildman–Crippen LogP) is 12.0. The van der Waals surface area contributed by atoms with Gasteiger partial charge >= 0.3 is 0 Å². The van der Waals surface area contributed by atoms with Crippen LogP contribution in [-0.4, -0.2) is 0 Å². The number of rotatable bonds is 3. The van der Waals surface area contributed by atoms with Gasteiger partial charge in [-0.15, -0.1) is 0 Å². The second kappa shape index (κ2) is 9.44. The van der Waals surface area contributed by atoms with Gasteiger partial charge in [-0.3, -0.25) is 0 Å². The zero-order valence-electron chi connectivity index (χ0n) is 37.3. The second-order valence-corrected chi connectivity index (χ2v) is 10.1. The van der Waals surface area contributed by atoms with E-state index in [2.05, 4.69) is 0 Å². The van der Waals surface area contributed by atoms with Crippen molar-refractivity contribution in [3.05, 3.63) is 157 Å². The molecule has 43 heavy (non-hydrogen) atoms. The summed E-state index contributed by atoms with van der Waals surface area (Å²) in [5.41, 5.74) is 1.06. The molecule has 1 nitrogen and oxygen atoms in total. The van der Waals surface area contributed by atoms with Gasteiger partial charge in [0.1, 0.15) is 11.2 Å². The van der Waals surface area contributed by atoms with Crippen LogP contribution in [0.2, 0.25) is 0 Å². The van der Waals surface area contributed by atoms with E-state index < -0.39 is 78.1 Å². The van der Waals surface area contributed by atoms with Crippen LogP contribution in [0.4, 0.5) is 0 Å². The Labute approximate surface area is 270 Å². The van der Waals surface area contributed by atoms with Crippen LogP contribution < -0.4 is 0 Å². The van der Waals surface area contributed by atoms with Crippen molar-refractivity contribution < 1.29 is 25.0 Å². The van der Waals surface area contributed by atoms with Crippen LogP contribution in [0.3, 0.4) is 0 Å². The molecule has 0 amide bonds. The Morgan fingerprint density at radius 1 is 0.419 bits per heavy atom. The summed E-state index contributed by atoms with van der Waals surface area (Å²) in [5.74, 6) is 0. The summed E-state index contributed by atoms with van der Waals surface area (Å²) < 4.78 is 137. The van der Waals surface area contributed by atoms with E-state index in [9.17, 15) is 1.37 Å². The number of benzene rings is 8. The first-order chi connectivity index (χ1) is 27.6. The monoisotopic (exact) mass is 561 g/mol. The molecule has 0 bridgehead atoms. The van der Waals surface area contributed by atoms with E-state index in [1.807, 2.05) is 12.1 Å². The summed E-state index contributed by atoms with van der Waals surface area (Å²) in [6, 6.07) is 11.3. The smallest absolute Gasteiger partial charge is 0.143 e. The molecular weight excluding hydrogens is 520 g/mol. The van der Waals surface area contributed by atoms with E-state index in [4.69, 9.17) is 23.6 Å². The third-order valence-corrected chi connectivity index (χ3v) is 7.83. The second-order valence-electron chi connectivity index (χ2n) is 10.1. The Morgan fingerprint density at radius 2 is 0.977 bits per heavy atom. The molecule has 0 saturated heterocycles. The highest BCUT2D eigenvalue weighted by Crippen LogP contribution is 2.48. The van der Waals surface area contributed by atoms with Crippen LogP contribution in [0.1, 0.15) is 20.6 Å². The Bertz CT molecular complexity index is 3240. The average Bonchev–Trinajstić information content (AvgIpc) is 3.63. The predicted molar refractivity (Wildman–Crippen MR) is 183 cm³/mol. The van der Waals surface area contributed by atoms with Crippen molar-refractivity contribution in [2.45, 2.75) is 0 Å². The minimum Gasteiger partial charge on any atom is -0.455 e. The molecule has 0 aliphatic heterocycles. The molecule has 1 heteroatoms. The molecule has 9 rings (SSSR count). The van der Waals surface area contributed by atoms with E-state index in [0.29, 0.717) is 43.6 Å². The number of fused-ring (bicyclic) bond motifs is 7. The zero-order chi connectivity index (χ0) is 41.4. The standard InChI is InChI=1S/C42H26O/c1-3-14-27(15-4-1)36-26-37-41-35(24-13-25-38(41)43-42(37)34-23-12-7-18-29(34)36)40-32-21-10-8-19-30(32)39(28-16-5-2-6-17-28)31-20-9-11-22-33(31)40/h1-26H/i1D,2D,3D,4D,5D,6D,7D,12D,14D,15D,16D,17D,18D,23D,26D. The minimum atomic E-state index is -0.681. The molecule has 0 spiro atoms. The molecule has 0 atom stereocenters.